The number of hydrogen-bond donors (Lipinski definition) is 0. The molecule has 0 aliphatic carbocycles. The van der Waals surface area contributed by atoms with Crippen molar-refractivity contribution in [1.29, 1.82) is 0 Å². The summed E-state index contributed by atoms with van der Waals surface area (Å²) < 4.78 is 12.6. The Labute approximate surface area is 77.1 Å². The maximum atomic E-state index is 12.6. The van der Waals surface area contributed by atoms with Crippen LogP contribution in [-0.4, -0.2) is 20.7 Å². The van der Waals surface area contributed by atoms with E-state index >= 15 is 0 Å². The van der Waals surface area contributed by atoms with E-state index in [2.05, 4.69) is 0 Å². The van der Waals surface area contributed by atoms with Crippen LogP contribution in [0.1, 0.15) is 10.4 Å². The topological polar surface area (TPSA) is 17.1 Å². The van der Waals surface area contributed by atoms with Crippen molar-refractivity contribution in [3.8, 4) is 0 Å². The molecule has 0 amide bonds. The molecule has 0 unspecified atom stereocenters. The third-order valence-electron chi connectivity index (χ3n) is 1.42. The van der Waals surface area contributed by atoms with Crippen molar-refractivity contribution < 1.29 is 9.18 Å². The molecule has 1 nitrogen and oxygen atoms in total. The fraction of sp³-hybridized carbons (Fsp3) is 0.222. The van der Waals surface area contributed by atoms with Gasteiger partial charge < -0.3 is 0 Å². The van der Waals surface area contributed by atoms with Crippen molar-refractivity contribution >= 4 is 20.7 Å². The Kier molecular flexibility index (Phi) is 3.45. The van der Waals surface area contributed by atoms with Gasteiger partial charge in [-0.3, -0.25) is 0 Å². The first kappa shape index (κ1) is 9.43. The number of rotatable bonds is 3. The van der Waals surface area contributed by atoms with Crippen LogP contribution in [0.25, 0.3) is 0 Å². The van der Waals surface area contributed by atoms with Gasteiger partial charge in [0.05, 0.1) is 0 Å². The van der Waals surface area contributed by atoms with Crippen molar-refractivity contribution in [3.63, 3.8) is 0 Å². The van der Waals surface area contributed by atoms with Crippen molar-refractivity contribution in [2.75, 3.05) is 0 Å². The molecule has 0 saturated heterocycles. The quantitative estimate of drug-likeness (QED) is 0.575. The summed E-state index contributed by atoms with van der Waals surface area (Å²) in [5, 5.41) is 0.552. The molecule has 0 atom stereocenters. The molecule has 0 aromatic heterocycles. The molecule has 1 aromatic carbocycles. The van der Waals surface area contributed by atoms with Gasteiger partial charge in [0.2, 0.25) is 0 Å². The van der Waals surface area contributed by atoms with Crippen LogP contribution in [0.5, 0.6) is 0 Å². The summed E-state index contributed by atoms with van der Waals surface area (Å²) in [5.41, 5.74) is 0.485. The van der Waals surface area contributed by atoms with Crippen LogP contribution in [0.4, 0.5) is 4.39 Å². The standard InChI is InChI=1S/C9H9FOSe/c1-12-6-9(11)7-3-2-4-8(10)5-7/h2-5H,6H2,1H3. The summed E-state index contributed by atoms with van der Waals surface area (Å²) in [4.78, 5) is 11.2. The molecular weight excluding hydrogens is 222 g/mol. The molecule has 64 valence electrons. The van der Waals surface area contributed by atoms with Gasteiger partial charge in [-0.05, 0) is 0 Å². The molecule has 0 N–H and O–H groups in total. The van der Waals surface area contributed by atoms with Gasteiger partial charge in [-0.25, -0.2) is 0 Å². The molecule has 1 rings (SSSR count). The number of carbonyl (C=O) groups excluding carboxylic acids is 1. The summed E-state index contributed by atoms with van der Waals surface area (Å²) in [6, 6.07) is 5.84. The fourth-order valence-corrected chi connectivity index (χ4v) is 1.78. The third kappa shape index (κ3) is 2.43. The molecule has 0 fully saturated rings. The van der Waals surface area contributed by atoms with Crippen LogP contribution >= 0.6 is 0 Å². The zero-order chi connectivity index (χ0) is 8.97. The van der Waals surface area contributed by atoms with Gasteiger partial charge in [0, 0.05) is 0 Å². The Morgan fingerprint density at radius 2 is 2.33 bits per heavy atom. The average molecular weight is 231 g/mol. The number of hydrogen-bond acceptors (Lipinski definition) is 1. The molecule has 0 heterocycles. The number of ketones is 1. The summed E-state index contributed by atoms with van der Waals surface area (Å²) in [6.07, 6.45) is 0. The van der Waals surface area contributed by atoms with E-state index in [1.165, 1.54) is 12.1 Å². The van der Waals surface area contributed by atoms with Crippen LogP contribution in [0.15, 0.2) is 24.3 Å². The summed E-state index contributed by atoms with van der Waals surface area (Å²) >= 11 is 0.323. The second-order valence-electron chi connectivity index (χ2n) is 2.37. The molecule has 0 bridgehead atoms. The van der Waals surface area contributed by atoms with Crippen molar-refractivity contribution in [2.45, 2.75) is 11.1 Å². The average Bonchev–Trinajstić information content (AvgIpc) is 2.05. The molecule has 3 heteroatoms. The maximum absolute atomic E-state index is 12.6. The zero-order valence-electron chi connectivity index (χ0n) is 6.71. The molecule has 0 aliphatic rings. The summed E-state index contributed by atoms with van der Waals surface area (Å²) in [7, 11) is 0. The minimum absolute atomic E-state index is 0.0389. The van der Waals surface area contributed by atoms with E-state index in [0.29, 0.717) is 25.8 Å². The third-order valence-corrected chi connectivity index (χ3v) is 2.58. The molecule has 0 radical (unpaired) electrons. The Morgan fingerprint density at radius 1 is 1.58 bits per heavy atom. The van der Waals surface area contributed by atoms with Crippen LogP contribution in [-0.2, 0) is 0 Å². The van der Waals surface area contributed by atoms with Crippen molar-refractivity contribution in [2.24, 2.45) is 0 Å². The first-order valence-electron chi connectivity index (χ1n) is 3.51. The molecule has 0 aliphatic heterocycles. The van der Waals surface area contributed by atoms with Crippen molar-refractivity contribution in [3.05, 3.63) is 35.6 Å². The van der Waals surface area contributed by atoms with Crippen LogP contribution in [0.3, 0.4) is 0 Å². The van der Waals surface area contributed by atoms with Crippen LogP contribution in [0.2, 0.25) is 11.1 Å². The van der Waals surface area contributed by atoms with Crippen LogP contribution in [0, 0.1) is 5.82 Å². The van der Waals surface area contributed by atoms with E-state index < -0.39 is 0 Å². The number of carbonyl (C=O) groups is 1. The summed E-state index contributed by atoms with van der Waals surface area (Å²) in [5.74, 6) is 1.69. The molecule has 0 spiro atoms. The Hall–Kier alpha value is -0.661. The van der Waals surface area contributed by atoms with Gasteiger partial charge in [-0.1, -0.05) is 0 Å². The van der Waals surface area contributed by atoms with E-state index in [4.69, 9.17) is 0 Å². The van der Waals surface area contributed by atoms with Crippen molar-refractivity contribution in [1.82, 2.24) is 0 Å². The first-order chi connectivity index (χ1) is 5.74. The normalized spacial score (nSPS) is 9.83. The molecular formula is C9H9FOSe. The monoisotopic (exact) mass is 232 g/mol. The number of Topliss-reactive ketones (excluding diaryl/α,β-unsaturated/α-hetero) is 1. The first-order valence-corrected chi connectivity index (χ1v) is 6.44. The number of halogens is 1. The minimum atomic E-state index is -0.343. The zero-order valence-corrected chi connectivity index (χ0v) is 8.42. The van der Waals surface area contributed by atoms with E-state index in [0.717, 1.165) is 0 Å². The van der Waals surface area contributed by atoms with E-state index in [1.807, 2.05) is 5.82 Å². The number of benzene rings is 1. The van der Waals surface area contributed by atoms with Crippen LogP contribution < -0.4 is 0 Å². The Morgan fingerprint density at radius 3 is 2.92 bits per heavy atom. The van der Waals surface area contributed by atoms with Gasteiger partial charge >= 0.3 is 76.7 Å². The second kappa shape index (κ2) is 4.39. The van der Waals surface area contributed by atoms with E-state index in [1.54, 1.807) is 12.1 Å². The Balaban J connectivity index is 2.81. The SMILES string of the molecule is C[Se]CC(=O)c1cccc(F)c1. The predicted octanol–water partition coefficient (Wildman–Crippen LogP) is 2.18. The van der Waals surface area contributed by atoms with Gasteiger partial charge in [-0.2, -0.15) is 0 Å². The Bertz CT molecular complexity index is 286. The van der Waals surface area contributed by atoms with E-state index in [-0.39, 0.29) is 11.6 Å². The predicted molar refractivity (Wildman–Crippen MR) is 47.2 cm³/mol. The molecule has 1 aromatic rings. The summed E-state index contributed by atoms with van der Waals surface area (Å²) in [6.45, 7) is 0. The van der Waals surface area contributed by atoms with E-state index in [9.17, 15) is 9.18 Å². The second-order valence-corrected chi connectivity index (χ2v) is 4.18. The molecule has 0 saturated carbocycles. The van der Waals surface area contributed by atoms with Gasteiger partial charge in [0.1, 0.15) is 0 Å². The van der Waals surface area contributed by atoms with Gasteiger partial charge in [0.15, 0.2) is 0 Å². The molecule has 12 heavy (non-hydrogen) atoms. The fourth-order valence-electron chi connectivity index (χ4n) is 0.876. The van der Waals surface area contributed by atoms with Gasteiger partial charge in [-0.15, -0.1) is 0 Å². The van der Waals surface area contributed by atoms with Gasteiger partial charge in [0.25, 0.3) is 0 Å².